The van der Waals surface area contributed by atoms with Gasteiger partial charge in [0.1, 0.15) is 11.5 Å². The van der Waals surface area contributed by atoms with Gasteiger partial charge in [0, 0.05) is 12.4 Å². The van der Waals surface area contributed by atoms with Crippen LogP contribution in [0.4, 0.5) is 43.9 Å². The highest BCUT2D eigenvalue weighted by molar-refractivity contribution is 7.88. The lowest BCUT2D eigenvalue weighted by molar-refractivity contribution is -0.275. The fourth-order valence-electron chi connectivity index (χ4n) is 4.71. The Balaban J connectivity index is 0.000000210. The van der Waals surface area contributed by atoms with Gasteiger partial charge in [-0.15, -0.1) is 46.7 Å². The number of hydrogen-bond acceptors (Lipinski definition) is 9. The summed E-state index contributed by atoms with van der Waals surface area (Å²) < 4.78 is 163. The average molecular weight is 795 g/mol. The Morgan fingerprint density at radius 1 is 0.593 bits per heavy atom. The largest absolute Gasteiger partial charge is 0.573 e. The molecular weight excluding hydrogens is 770 g/mol. The summed E-state index contributed by atoms with van der Waals surface area (Å²) in [5.41, 5.74) is 7.16. The highest BCUT2D eigenvalue weighted by Gasteiger charge is 2.38. The molecule has 6 aromatic rings. The molecule has 0 amide bonds. The lowest BCUT2D eigenvalue weighted by Gasteiger charge is -2.15. The maximum absolute atomic E-state index is 14.4. The minimum Gasteiger partial charge on any atom is -0.406 e. The van der Waals surface area contributed by atoms with E-state index in [1.54, 1.807) is 10.8 Å². The maximum atomic E-state index is 14.4. The van der Waals surface area contributed by atoms with E-state index >= 15 is 0 Å². The highest BCUT2D eigenvalue weighted by Crippen LogP contribution is 2.31. The van der Waals surface area contributed by atoms with Gasteiger partial charge in [-0.25, -0.2) is 13.1 Å². The van der Waals surface area contributed by atoms with E-state index in [-0.39, 0.29) is 17.0 Å². The van der Waals surface area contributed by atoms with Crippen LogP contribution in [0.15, 0.2) is 85.2 Å². The van der Waals surface area contributed by atoms with Crippen LogP contribution >= 0.6 is 0 Å². The number of ether oxygens (including phenoxy) is 2. The monoisotopic (exact) mass is 794 g/mol. The number of rotatable bonds is 10. The Hall–Kier alpha value is -5.55. The van der Waals surface area contributed by atoms with Crippen molar-refractivity contribution in [1.29, 1.82) is 0 Å². The molecule has 0 radical (unpaired) electrons. The second-order valence-corrected chi connectivity index (χ2v) is 13.0. The molecule has 4 heterocycles. The van der Waals surface area contributed by atoms with Crippen molar-refractivity contribution in [3.8, 4) is 33.8 Å². The zero-order valence-electron chi connectivity index (χ0n) is 27.1. The fourth-order valence-corrected chi connectivity index (χ4v) is 5.16. The smallest absolute Gasteiger partial charge is 0.406 e. The average Bonchev–Trinajstić information content (AvgIpc) is 3.72. The predicted molar refractivity (Wildman–Crippen MR) is 170 cm³/mol. The number of halogens is 10. The number of pyridine rings is 2. The summed E-state index contributed by atoms with van der Waals surface area (Å²) in [6, 6.07) is 15.9. The van der Waals surface area contributed by atoms with Crippen LogP contribution in [0.3, 0.4) is 0 Å². The third-order valence-electron chi connectivity index (χ3n) is 7.11. The molecule has 2 aromatic carbocycles. The van der Waals surface area contributed by atoms with Gasteiger partial charge in [0.15, 0.2) is 11.3 Å². The van der Waals surface area contributed by atoms with Crippen LogP contribution in [0.25, 0.3) is 33.5 Å². The highest BCUT2D eigenvalue weighted by atomic mass is 32.2. The van der Waals surface area contributed by atoms with Crippen LogP contribution in [-0.2, 0) is 21.9 Å². The van der Waals surface area contributed by atoms with E-state index in [0.717, 1.165) is 39.3 Å². The number of alkyl halides is 10. The van der Waals surface area contributed by atoms with Crippen LogP contribution in [0, 0.1) is 0 Å². The van der Waals surface area contributed by atoms with Crippen LogP contribution in [0.2, 0.25) is 0 Å². The van der Waals surface area contributed by atoms with E-state index < -0.39 is 65.1 Å². The number of nitrogens with zero attached hydrogens (tertiary/aromatic N) is 6. The van der Waals surface area contributed by atoms with Crippen LogP contribution in [0.5, 0.6) is 11.5 Å². The van der Waals surface area contributed by atoms with E-state index in [4.69, 9.17) is 5.73 Å². The van der Waals surface area contributed by atoms with Crippen LogP contribution in [0.1, 0.15) is 11.6 Å². The molecule has 0 aliphatic carbocycles. The van der Waals surface area contributed by atoms with Gasteiger partial charge in [-0.3, -0.25) is 8.80 Å². The molecule has 0 fully saturated rings. The number of aromatic nitrogens is 6. The SMILES string of the molecule is CS(=O)(=O)NCC(F)(F)c1nnc2ccc(-c3ccc(OC(F)(F)F)cc3)cn12.NCC(F)(F)c1nnc2ccc(-c3ccc(OC(F)(F)F)cc3)cn12. The van der Waals surface area contributed by atoms with Crippen molar-refractivity contribution in [2.45, 2.75) is 24.6 Å². The molecule has 0 spiro atoms. The molecule has 4 aromatic heterocycles. The summed E-state index contributed by atoms with van der Waals surface area (Å²) in [6.07, 6.45) is -6.23. The number of nitrogens with one attached hydrogen (secondary N) is 1. The number of sulfonamides is 1. The third kappa shape index (κ3) is 9.90. The van der Waals surface area contributed by atoms with Gasteiger partial charge in [0.2, 0.25) is 21.7 Å². The minimum absolute atomic E-state index is 0.0832. The molecule has 0 aliphatic heterocycles. The van der Waals surface area contributed by atoms with E-state index in [9.17, 15) is 52.3 Å². The first-order chi connectivity index (χ1) is 25.0. The summed E-state index contributed by atoms with van der Waals surface area (Å²) in [6.45, 7) is -2.14. The van der Waals surface area contributed by atoms with E-state index in [0.29, 0.717) is 22.3 Å². The Morgan fingerprint density at radius 2 is 0.963 bits per heavy atom. The molecule has 12 nitrogen and oxygen atoms in total. The van der Waals surface area contributed by atoms with Gasteiger partial charge in [-0.1, -0.05) is 24.3 Å². The summed E-state index contributed by atoms with van der Waals surface area (Å²) in [7, 11) is -3.85. The third-order valence-corrected chi connectivity index (χ3v) is 7.78. The van der Waals surface area contributed by atoms with E-state index in [1.807, 2.05) is 0 Å². The zero-order chi connectivity index (χ0) is 39.7. The quantitative estimate of drug-likeness (QED) is 0.153. The molecule has 288 valence electrons. The van der Waals surface area contributed by atoms with Crippen molar-refractivity contribution in [3.63, 3.8) is 0 Å². The first-order valence-electron chi connectivity index (χ1n) is 14.9. The van der Waals surface area contributed by atoms with Gasteiger partial charge in [-0.2, -0.15) is 17.6 Å². The Bertz CT molecular complexity index is 2350. The fraction of sp³-hybridized carbons (Fsp3) is 0.226. The van der Waals surface area contributed by atoms with Crippen molar-refractivity contribution in [2.75, 3.05) is 19.3 Å². The number of benzene rings is 2. The number of hydrogen-bond donors (Lipinski definition) is 2. The van der Waals surface area contributed by atoms with Crippen molar-refractivity contribution >= 4 is 21.3 Å². The summed E-state index contributed by atoms with van der Waals surface area (Å²) in [5, 5.41) is 14.2. The lowest BCUT2D eigenvalue weighted by Crippen LogP contribution is -2.35. The maximum Gasteiger partial charge on any atom is 0.573 e. The van der Waals surface area contributed by atoms with Crippen LogP contribution < -0.4 is 19.9 Å². The molecule has 0 bridgehead atoms. The first kappa shape index (κ1) is 39.7. The Morgan fingerprint density at radius 3 is 1.31 bits per heavy atom. The van der Waals surface area contributed by atoms with Crippen molar-refractivity contribution in [2.24, 2.45) is 5.73 Å². The summed E-state index contributed by atoms with van der Waals surface area (Å²) >= 11 is 0. The molecule has 0 unspecified atom stereocenters. The molecule has 0 aliphatic rings. The van der Waals surface area contributed by atoms with Crippen molar-refractivity contribution < 1.29 is 61.8 Å². The molecule has 54 heavy (non-hydrogen) atoms. The molecule has 0 saturated heterocycles. The minimum atomic E-state index is -4.83. The van der Waals surface area contributed by atoms with Crippen molar-refractivity contribution in [1.82, 2.24) is 33.9 Å². The summed E-state index contributed by atoms with van der Waals surface area (Å²) in [5.74, 6) is -9.22. The molecular formula is C31H24F10N8O4S. The van der Waals surface area contributed by atoms with Crippen molar-refractivity contribution in [3.05, 3.63) is 96.8 Å². The van der Waals surface area contributed by atoms with Crippen LogP contribution in [-0.4, -0.2) is 69.7 Å². The standard InChI is InChI=1S/C16H13F5N4O3S.C15H11F5N4O/c1-29(26,27)22-9-15(17,18)14-24-23-13-7-4-11(8-25(13)14)10-2-5-12(6-3-10)28-16(19,20)21;16-14(17,8-21)13-23-22-12-6-3-10(7-24(12)13)9-1-4-11(5-2-9)25-15(18,19)20/h2-8,22H,9H2,1H3;1-7H,8,21H2. The van der Waals surface area contributed by atoms with Gasteiger partial charge in [-0.05, 0) is 70.8 Å². The number of nitrogens with two attached hydrogens (primary N) is 1. The molecule has 3 N–H and O–H groups in total. The van der Waals surface area contributed by atoms with Gasteiger partial charge >= 0.3 is 24.6 Å². The molecule has 0 atom stereocenters. The second kappa shape index (κ2) is 14.7. The molecule has 6 rings (SSSR count). The molecule has 23 heteroatoms. The Kier molecular flexibility index (Phi) is 10.8. The predicted octanol–water partition coefficient (Wildman–Crippen LogP) is 6.28. The molecule has 0 saturated carbocycles. The topological polar surface area (TPSA) is 151 Å². The first-order valence-corrected chi connectivity index (χ1v) is 16.8. The van der Waals surface area contributed by atoms with Gasteiger partial charge < -0.3 is 15.2 Å². The van der Waals surface area contributed by atoms with Gasteiger partial charge in [0.25, 0.3) is 0 Å². The van der Waals surface area contributed by atoms with E-state index in [1.165, 1.54) is 54.9 Å². The van der Waals surface area contributed by atoms with Gasteiger partial charge in [0.05, 0.1) is 19.3 Å². The number of fused-ring (bicyclic) bond motifs is 2. The van der Waals surface area contributed by atoms with E-state index in [2.05, 4.69) is 29.9 Å². The zero-order valence-corrected chi connectivity index (χ0v) is 27.9. The Labute approximate surface area is 297 Å². The normalized spacial score (nSPS) is 12.8. The second-order valence-electron chi connectivity index (χ2n) is 11.2. The lowest BCUT2D eigenvalue weighted by atomic mass is 10.1. The summed E-state index contributed by atoms with van der Waals surface area (Å²) in [4.78, 5) is 0.